The van der Waals surface area contributed by atoms with Gasteiger partial charge >= 0.3 is 0 Å². The molecule has 0 bridgehead atoms. The van der Waals surface area contributed by atoms with Gasteiger partial charge in [0.2, 0.25) is 0 Å². The predicted octanol–water partition coefficient (Wildman–Crippen LogP) is 2.36. The zero-order valence-electron chi connectivity index (χ0n) is 10.8. The number of hydrogen-bond acceptors (Lipinski definition) is 3. The van der Waals surface area contributed by atoms with E-state index in [9.17, 15) is 15.0 Å². The van der Waals surface area contributed by atoms with E-state index in [0.29, 0.717) is 11.5 Å². The van der Waals surface area contributed by atoms with Gasteiger partial charge in [0.15, 0.2) is 0 Å². The molecule has 0 unspecified atom stereocenters. The van der Waals surface area contributed by atoms with Gasteiger partial charge in [-0.2, -0.15) is 0 Å². The van der Waals surface area contributed by atoms with Crippen molar-refractivity contribution in [2.45, 2.75) is 32.7 Å². The quantitative estimate of drug-likeness (QED) is 0.861. The zero-order chi connectivity index (χ0) is 13.3. The van der Waals surface area contributed by atoms with Crippen molar-refractivity contribution in [3.8, 4) is 11.5 Å². The molecule has 4 heteroatoms. The van der Waals surface area contributed by atoms with Crippen LogP contribution in [-0.4, -0.2) is 33.6 Å². The Morgan fingerprint density at radius 2 is 1.83 bits per heavy atom. The molecule has 18 heavy (non-hydrogen) atoms. The van der Waals surface area contributed by atoms with Crippen LogP contribution in [-0.2, 0) is 0 Å². The van der Waals surface area contributed by atoms with Crippen molar-refractivity contribution in [3.05, 3.63) is 23.8 Å². The Morgan fingerprint density at radius 3 is 2.28 bits per heavy atom. The minimum Gasteiger partial charge on any atom is -0.508 e. The summed E-state index contributed by atoms with van der Waals surface area (Å²) in [7, 11) is 0. The van der Waals surface area contributed by atoms with E-state index in [-0.39, 0.29) is 23.4 Å². The Kier molecular flexibility index (Phi) is 3.45. The molecule has 98 valence electrons. The second-order valence-corrected chi connectivity index (χ2v) is 5.23. The number of carbonyl (C=O) groups is 1. The van der Waals surface area contributed by atoms with Crippen LogP contribution < -0.4 is 0 Å². The molecule has 0 atom stereocenters. The van der Waals surface area contributed by atoms with Gasteiger partial charge in [-0.3, -0.25) is 4.79 Å². The molecule has 0 saturated heterocycles. The highest BCUT2D eigenvalue weighted by molar-refractivity contribution is 5.95. The maximum atomic E-state index is 12.4. The number of phenolic OH excluding ortho intramolecular Hbond substituents is 2. The van der Waals surface area contributed by atoms with Gasteiger partial charge in [-0.15, -0.1) is 0 Å². The minimum absolute atomic E-state index is 0.0894. The van der Waals surface area contributed by atoms with Crippen molar-refractivity contribution < 1.29 is 15.0 Å². The third-order valence-electron chi connectivity index (χ3n) is 3.19. The monoisotopic (exact) mass is 249 g/mol. The van der Waals surface area contributed by atoms with Gasteiger partial charge in [0.05, 0.1) is 0 Å². The van der Waals surface area contributed by atoms with Crippen LogP contribution in [0.3, 0.4) is 0 Å². The lowest BCUT2D eigenvalue weighted by molar-refractivity contribution is 0.0695. The van der Waals surface area contributed by atoms with E-state index in [2.05, 4.69) is 0 Å². The van der Waals surface area contributed by atoms with Gasteiger partial charge in [0.25, 0.3) is 5.91 Å². The number of amides is 1. The summed E-state index contributed by atoms with van der Waals surface area (Å²) in [6.45, 7) is 4.71. The highest BCUT2D eigenvalue weighted by Crippen LogP contribution is 2.31. The average Bonchev–Trinajstić information content (AvgIpc) is 3.07. The van der Waals surface area contributed by atoms with E-state index >= 15 is 0 Å². The molecule has 1 aromatic carbocycles. The van der Waals surface area contributed by atoms with E-state index in [4.69, 9.17) is 0 Å². The van der Waals surface area contributed by atoms with Crippen molar-refractivity contribution >= 4 is 5.91 Å². The summed E-state index contributed by atoms with van der Waals surface area (Å²) in [5, 5.41) is 18.9. The third-order valence-corrected chi connectivity index (χ3v) is 3.19. The summed E-state index contributed by atoms with van der Waals surface area (Å²) < 4.78 is 0. The van der Waals surface area contributed by atoms with E-state index in [0.717, 1.165) is 6.54 Å². The number of rotatable bonds is 4. The molecule has 1 aromatic rings. The summed E-state index contributed by atoms with van der Waals surface area (Å²) in [4.78, 5) is 14.2. The Labute approximate surface area is 107 Å². The molecular formula is C14H19NO3. The maximum Gasteiger partial charge on any atom is 0.254 e. The fourth-order valence-corrected chi connectivity index (χ4v) is 1.99. The van der Waals surface area contributed by atoms with Crippen LogP contribution >= 0.6 is 0 Å². The van der Waals surface area contributed by atoms with Gasteiger partial charge in [-0.05, 0) is 44.7 Å². The Balaban J connectivity index is 2.20. The number of nitrogens with zero attached hydrogens (tertiary/aromatic N) is 1. The first-order valence-corrected chi connectivity index (χ1v) is 6.31. The molecule has 1 amide bonds. The SMILES string of the molecule is CC(C)N(CC1CC1)C(=O)c1cc(O)cc(O)c1. The maximum absolute atomic E-state index is 12.4. The Bertz CT molecular complexity index is 432. The Hall–Kier alpha value is -1.71. The van der Waals surface area contributed by atoms with Crippen molar-refractivity contribution in [1.29, 1.82) is 0 Å². The topological polar surface area (TPSA) is 60.8 Å². The number of benzene rings is 1. The van der Waals surface area contributed by atoms with Crippen LogP contribution in [0, 0.1) is 5.92 Å². The van der Waals surface area contributed by atoms with Crippen molar-refractivity contribution in [1.82, 2.24) is 4.90 Å². The molecule has 1 aliphatic rings. The summed E-state index contributed by atoms with van der Waals surface area (Å²) in [6.07, 6.45) is 2.36. The Morgan fingerprint density at radius 1 is 1.28 bits per heavy atom. The number of phenols is 2. The normalized spacial score (nSPS) is 14.8. The summed E-state index contributed by atoms with van der Waals surface area (Å²) in [6, 6.07) is 4.12. The highest BCUT2D eigenvalue weighted by atomic mass is 16.3. The number of aromatic hydroxyl groups is 2. The third kappa shape index (κ3) is 2.94. The van der Waals surface area contributed by atoms with Crippen LogP contribution in [0.15, 0.2) is 18.2 Å². The first-order chi connectivity index (χ1) is 8.47. The van der Waals surface area contributed by atoms with Gasteiger partial charge in [0.1, 0.15) is 11.5 Å². The molecule has 0 aliphatic heterocycles. The fourth-order valence-electron chi connectivity index (χ4n) is 1.99. The molecule has 2 rings (SSSR count). The smallest absolute Gasteiger partial charge is 0.254 e. The molecule has 0 radical (unpaired) electrons. The molecule has 1 fully saturated rings. The van der Waals surface area contributed by atoms with Crippen molar-refractivity contribution in [2.75, 3.05) is 6.54 Å². The zero-order valence-corrected chi connectivity index (χ0v) is 10.8. The molecule has 1 aliphatic carbocycles. The lowest BCUT2D eigenvalue weighted by atomic mass is 10.1. The highest BCUT2D eigenvalue weighted by Gasteiger charge is 2.28. The number of carbonyl (C=O) groups excluding carboxylic acids is 1. The van der Waals surface area contributed by atoms with E-state index < -0.39 is 0 Å². The van der Waals surface area contributed by atoms with Gasteiger partial charge < -0.3 is 15.1 Å². The fraction of sp³-hybridized carbons (Fsp3) is 0.500. The average molecular weight is 249 g/mol. The standard InChI is InChI=1S/C14H19NO3/c1-9(2)15(8-10-3-4-10)14(18)11-5-12(16)7-13(17)6-11/h5-7,9-10,16-17H,3-4,8H2,1-2H3. The van der Waals surface area contributed by atoms with Crippen LogP contribution in [0.5, 0.6) is 11.5 Å². The first-order valence-electron chi connectivity index (χ1n) is 6.31. The van der Waals surface area contributed by atoms with Gasteiger partial charge in [-0.25, -0.2) is 0 Å². The second-order valence-electron chi connectivity index (χ2n) is 5.23. The van der Waals surface area contributed by atoms with Gasteiger partial charge in [-0.1, -0.05) is 0 Å². The molecule has 1 saturated carbocycles. The van der Waals surface area contributed by atoms with Crippen LogP contribution in [0.25, 0.3) is 0 Å². The predicted molar refractivity (Wildman–Crippen MR) is 68.7 cm³/mol. The minimum atomic E-state index is -0.136. The van der Waals surface area contributed by atoms with E-state index in [1.165, 1.54) is 31.0 Å². The lowest BCUT2D eigenvalue weighted by Gasteiger charge is -2.27. The molecular weight excluding hydrogens is 230 g/mol. The van der Waals surface area contributed by atoms with Crippen LogP contribution in [0.2, 0.25) is 0 Å². The summed E-state index contributed by atoms with van der Waals surface area (Å²) in [5.41, 5.74) is 0.335. The first kappa shape index (κ1) is 12.7. The second kappa shape index (κ2) is 4.88. The molecule has 4 nitrogen and oxygen atoms in total. The lowest BCUT2D eigenvalue weighted by Crippen LogP contribution is -2.38. The largest absolute Gasteiger partial charge is 0.508 e. The number of hydrogen-bond donors (Lipinski definition) is 2. The van der Waals surface area contributed by atoms with Crippen molar-refractivity contribution in [2.24, 2.45) is 5.92 Å². The van der Waals surface area contributed by atoms with E-state index in [1.807, 2.05) is 13.8 Å². The van der Waals surface area contributed by atoms with Crippen LogP contribution in [0.4, 0.5) is 0 Å². The summed E-state index contributed by atoms with van der Waals surface area (Å²) in [5.74, 6) is 0.298. The molecule has 0 aromatic heterocycles. The summed E-state index contributed by atoms with van der Waals surface area (Å²) >= 11 is 0. The molecule has 0 spiro atoms. The van der Waals surface area contributed by atoms with E-state index in [1.54, 1.807) is 4.90 Å². The molecule has 2 N–H and O–H groups in total. The molecule has 0 heterocycles. The van der Waals surface area contributed by atoms with Crippen LogP contribution in [0.1, 0.15) is 37.0 Å². The van der Waals surface area contributed by atoms with Crippen molar-refractivity contribution in [3.63, 3.8) is 0 Å². The van der Waals surface area contributed by atoms with Gasteiger partial charge in [0, 0.05) is 24.2 Å².